The van der Waals surface area contributed by atoms with E-state index in [1.54, 1.807) is 33.2 Å². The zero-order valence-corrected chi connectivity index (χ0v) is 12.0. The molecule has 3 N–H and O–H groups in total. The summed E-state index contributed by atoms with van der Waals surface area (Å²) < 4.78 is 0. The Hall–Kier alpha value is -1.75. The molecule has 0 spiro atoms. The predicted molar refractivity (Wildman–Crippen MR) is 76.1 cm³/mol. The minimum absolute atomic E-state index is 0.108. The summed E-state index contributed by atoms with van der Waals surface area (Å²) in [4.78, 5) is 25.1. The number of hydrogen-bond donors (Lipinski definition) is 2. The van der Waals surface area contributed by atoms with Crippen molar-refractivity contribution in [3.63, 3.8) is 0 Å². The minimum atomic E-state index is -0.285. The van der Waals surface area contributed by atoms with Crippen LogP contribution in [0.1, 0.15) is 17.3 Å². The molecule has 1 unspecified atom stereocenters. The summed E-state index contributed by atoms with van der Waals surface area (Å²) in [6, 6.07) is 4.73. The summed E-state index contributed by atoms with van der Waals surface area (Å²) in [7, 11) is 3.20. The molecule has 2 amide bonds. The lowest BCUT2D eigenvalue weighted by Crippen LogP contribution is -2.37. The van der Waals surface area contributed by atoms with Crippen molar-refractivity contribution in [2.45, 2.75) is 6.92 Å². The van der Waals surface area contributed by atoms with Crippen molar-refractivity contribution in [2.24, 2.45) is 5.92 Å². The highest BCUT2D eigenvalue weighted by Gasteiger charge is 2.19. The third-order valence-corrected chi connectivity index (χ3v) is 3.07. The number of hydrogen-bond acceptors (Lipinski definition) is 3. The number of anilines is 1. The van der Waals surface area contributed by atoms with E-state index in [4.69, 9.17) is 17.3 Å². The predicted octanol–water partition coefficient (Wildman–Crippen LogP) is 1.38. The van der Waals surface area contributed by atoms with Crippen molar-refractivity contribution < 1.29 is 9.59 Å². The van der Waals surface area contributed by atoms with Gasteiger partial charge in [-0.1, -0.05) is 18.5 Å². The highest BCUT2D eigenvalue weighted by Crippen LogP contribution is 2.19. The second-order valence-corrected chi connectivity index (χ2v) is 4.87. The molecule has 0 aliphatic rings. The fraction of sp³-hybridized carbons (Fsp3) is 0.385. The Morgan fingerprint density at radius 1 is 1.47 bits per heavy atom. The Kier molecular flexibility index (Phi) is 5.18. The molecule has 1 aromatic carbocycles. The molecule has 0 saturated carbocycles. The van der Waals surface area contributed by atoms with Crippen LogP contribution < -0.4 is 11.1 Å². The molecule has 0 aromatic heterocycles. The Labute approximate surface area is 117 Å². The highest BCUT2D eigenvalue weighted by atomic mass is 35.5. The maximum atomic E-state index is 12.2. The van der Waals surface area contributed by atoms with Crippen LogP contribution in [0.5, 0.6) is 0 Å². The van der Waals surface area contributed by atoms with E-state index in [-0.39, 0.29) is 17.7 Å². The van der Waals surface area contributed by atoms with Crippen molar-refractivity contribution in [2.75, 3.05) is 26.4 Å². The van der Waals surface area contributed by atoms with E-state index in [9.17, 15) is 9.59 Å². The Bertz CT molecular complexity index is 491. The Morgan fingerprint density at radius 2 is 2.11 bits per heavy atom. The zero-order chi connectivity index (χ0) is 14.6. The maximum Gasteiger partial charge on any atom is 0.255 e. The van der Waals surface area contributed by atoms with Crippen molar-refractivity contribution in [3.05, 3.63) is 28.8 Å². The van der Waals surface area contributed by atoms with Gasteiger partial charge in [-0.25, -0.2) is 0 Å². The van der Waals surface area contributed by atoms with Crippen molar-refractivity contribution in [1.29, 1.82) is 0 Å². The number of benzene rings is 1. The van der Waals surface area contributed by atoms with Gasteiger partial charge in [0.25, 0.3) is 5.91 Å². The fourth-order valence-corrected chi connectivity index (χ4v) is 1.94. The molecule has 1 rings (SSSR count). The van der Waals surface area contributed by atoms with Crippen LogP contribution in [0.15, 0.2) is 18.2 Å². The van der Waals surface area contributed by atoms with E-state index in [0.717, 1.165) is 0 Å². The number of carbonyl (C=O) groups is 2. The first-order valence-corrected chi connectivity index (χ1v) is 6.26. The quantitative estimate of drug-likeness (QED) is 0.820. The van der Waals surface area contributed by atoms with Gasteiger partial charge < -0.3 is 16.0 Å². The second kappa shape index (κ2) is 6.43. The van der Waals surface area contributed by atoms with E-state index in [2.05, 4.69) is 5.32 Å². The van der Waals surface area contributed by atoms with Crippen LogP contribution in [0, 0.1) is 5.92 Å². The van der Waals surface area contributed by atoms with Crippen molar-refractivity contribution in [3.8, 4) is 0 Å². The molecule has 0 aliphatic heterocycles. The van der Waals surface area contributed by atoms with Gasteiger partial charge in [0.15, 0.2) is 0 Å². The summed E-state index contributed by atoms with van der Waals surface area (Å²) in [6.45, 7) is 2.08. The van der Waals surface area contributed by atoms with E-state index >= 15 is 0 Å². The van der Waals surface area contributed by atoms with Gasteiger partial charge in [-0.15, -0.1) is 0 Å². The largest absolute Gasteiger partial charge is 0.398 e. The van der Waals surface area contributed by atoms with Gasteiger partial charge in [0.2, 0.25) is 5.91 Å². The molecule has 0 radical (unpaired) electrons. The van der Waals surface area contributed by atoms with Crippen LogP contribution in [0.25, 0.3) is 0 Å². The first kappa shape index (κ1) is 15.3. The van der Waals surface area contributed by atoms with Gasteiger partial charge >= 0.3 is 0 Å². The third-order valence-electron chi connectivity index (χ3n) is 2.83. The molecule has 6 heteroatoms. The molecule has 104 valence electrons. The topological polar surface area (TPSA) is 75.4 Å². The number of amides is 2. The number of nitrogens with one attached hydrogen (secondary N) is 1. The van der Waals surface area contributed by atoms with Gasteiger partial charge in [0.05, 0.1) is 11.5 Å². The van der Waals surface area contributed by atoms with E-state index in [1.807, 2.05) is 0 Å². The molecular formula is C13H18ClN3O2. The number of nitrogen functional groups attached to an aromatic ring is 1. The number of nitrogens with zero attached hydrogens (tertiary/aromatic N) is 1. The number of rotatable bonds is 4. The third kappa shape index (κ3) is 3.86. The zero-order valence-electron chi connectivity index (χ0n) is 11.2. The normalized spacial score (nSPS) is 11.8. The lowest BCUT2D eigenvalue weighted by Gasteiger charge is -2.21. The van der Waals surface area contributed by atoms with Crippen LogP contribution >= 0.6 is 11.6 Å². The summed E-state index contributed by atoms with van der Waals surface area (Å²) >= 11 is 5.79. The highest BCUT2D eigenvalue weighted by molar-refractivity contribution is 6.31. The standard InChI is InChI=1S/C13H18ClN3O2/c1-8(12(18)16-2)7-17(3)13(19)10-5-4-9(14)6-11(10)15/h4-6,8H,7,15H2,1-3H3,(H,16,18). The molecule has 19 heavy (non-hydrogen) atoms. The number of nitrogens with two attached hydrogens (primary N) is 1. The smallest absolute Gasteiger partial charge is 0.255 e. The van der Waals surface area contributed by atoms with Gasteiger partial charge in [-0.2, -0.15) is 0 Å². The molecule has 0 heterocycles. The average molecular weight is 284 g/mol. The van der Waals surface area contributed by atoms with Crippen LogP contribution in [0.4, 0.5) is 5.69 Å². The lowest BCUT2D eigenvalue weighted by molar-refractivity contribution is -0.124. The molecule has 1 aromatic rings. The van der Waals surface area contributed by atoms with Crippen molar-refractivity contribution >= 4 is 29.1 Å². The second-order valence-electron chi connectivity index (χ2n) is 4.43. The first-order valence-electron chi connectivity index (χ1n) is 5.89. The average Bonchev–Trinajstić information content (AvgIpc) is 2.36. The van der Waals surface area contributed by atoms with Gasteiger partial charge in [0.1, 0.15) is 0 Å². The van der Waals surface area contributed by atoms with Gasteiger partial charge in [-0.3, -0.25) is 9.59 Å². The lowest BCUT2D eigenvalue weighted by atomic mass is 10.1. The monoisotopic (exact) mass is 283 g/mol. The molecule has 0 bridgehead atoms. The van der Waals surface area contributed by atoms with E-state index in [1.165, 1.54) is 11.0 Å². The fourth-order valence-electron chi connectivity index (χ4n) is 1.76. The molecule has 5 nitrogen and oxygen atoms in total. The SMILES string of the molecule is CNC(=O)C(C)CN(C)C(=O)c1ccc(Cl)cc1N. The van der Waals surface area contributed by atoms with Crippen LogP contribution in [-0.2, 0) is 4.79 Å². The summed E-state index contributed by atoms with van der Waals surface area (Å²) in [5.74, 6) is -0.624. The molecule has 1 atom stereocenters. The molecule has 0 fully saturated rings. The van der Waals surface area contributed by atoms with Gasteiger partial charge in [-0.05, 0) is 18.2 Å². The molecule has 0 aliphatic carbocycles. The molecular weight excluding hydrogens is 266 g/mol. The Morgan fingerprint density at radius 3 is 2.63 bits per heavy atom. The Balaban J connectivity index is 2.79. The number of halogens is 1. The summed E-state index contributed by atoms with van der Waals surface area (Å²) in [5, 5.41) is 3.03. The summed E-state index contributed by atoms with van der Waals surface area (Å²) in [6.07, 6.45) is 0. The van der Waals surface area contributed by atoms with E-state index in [0.29, 0.717) is 22.8 Å². The molecule has 0 saturated heterocycles. The minimum Gasteiger partial charge on any atom is -0.398 e. The summed E-state index contributed by atoms with van der Waals surface area (Å²) in [5.41, 5.74) is 6.48. The van der Waals surface area contributed by atoms with Gasteiger partial charge in [0, 0.05) is 31.4 Å². The van der Waals surface area contributed by atoms with Crippen LogP contribution in [0.3, 0.4) is 0 Å². The van der Waals surface area contributed by atoms with E-state index < -0.39 is 0 Å². The van der Waals surface area contributed by atoms with Crippen LogP contribution in [0.2, 0.25) is 5.02 Å². The van der Waals surface area contributed by atoms with Crippen molar-refractivity contribution in [1.82, 2.24) is 10.2 Å². The number of carbonyl (C=O) groups excluding carboxylic acids is 2. The first-order chi connectivity index (χ1) is 8.86. The van der Waals surface area contributed by atoms with Crippen LogP contribution in [-0.4, -0.2) is 37.4 Å². The maximum absolute atomic E-state index is 12.2.